The number of hydrogen-bond acceptors (Lipinski definition) is 7. The Morgan fingerprint density at radius 1 is 1.23 bits per heavy atom. The van der Waals surface area contributed by atoms with E-state index < -0.39 is 5.41 Å². The van der Waals surface area contributed by atoms with Gasteiger partial charge in [-0.2, -0.15) is 0 Å². The van der Waals surface area contributed by atoms with E-state index in [1.165, 1.54) is 19.1 Å². The standard InChI is InChI=1S/C21H22N2O5SSe/c1-13(24)22-8-9-29-30-12-21(2,3)20(26)27-15-5-7-17-19(11-15)28-18-10-14(25)4-6-16(18)23-17/h4-7,10-11H,8-9,12H2,1-3H3,(H,22,24). The number of carbonyl (C=O) groups excluding carboxylic acids is 2. The molecule has 158 valence electrons. The van der Waals surface area contributed by atoms with Crippen LogP contribution in [0.2, 0.25) is 5.32 Å². The zero-order chi connectivity index (χ0) is 21.7. The number of hydrogen-bond donors (Lipinski definition) is 1. The number of carbonyl (C=O) groups is 2. The third-order valence-electron chi connectivity index (χ3n) is 4.15. The number of ether oxygens (including phenoxy) is 1. The van der Waals surface area contributed by atoms with Crippen LogP contribution in [0, 0.1) is 5.41 Å². The maximum absolute atomic E-state index is 12.7. The molecule has 1 N–H and O–H groups in total. The molecule has 1 heterocycles. The number of amides is 1. The summed E-state index contributed by atoms with van der Waals surface area (Å²) >= 11 is 0.193. The van der Waals surface area contributed by atoms with Crippen molar-refractivity contribution in [1.82, 2.24) is 10.3 Å². The van der Waals surface area contributed by atoms with Crippen molar-refractivity contribution >= 4 is 47.0 Å². The minimum absolute atomic E-state index is 0.0363. The number of rotatable bonds is 8. The quantitative estimate of drug-likeness (QED) is 0.169. The van der Waals surface area contributed by atoms with Crippen LogP contribution in [-0.2, 0) is 9.59 Å². The van der Waals surface area contributed by atoms with E-state index in [2.05, 4.69) is 10.3 Å². The second kappa shape index (κ2) is 9.64. The molecule has 30 heavy (non-hydrogen) atoms. The van der Waals surface area contributed by atoms with E-state index in [0.717, 1.165) is 5.75 Å². The van der Waals surface area contributed by atoms with Gasteiger partial charge in [0.2, 0.25) is 0 Å². The van der Waals surface area contributed by atoms with Gasteiger partial charge in [0.05, 0.1) is 0 Å². The molecule has 0 saturated heterocycles. The maximum atomic E-state index is 12.7. The number of esters is 1. The molecule has 2 aliphatic rings. The molecule has 1 aromatic carbocycles. The van der Waals surface area contributed by atoms with Gasteiger partial charge in [0.1, 0.15) is 0 Å². The Bertz CT molecular complexity index is 1100. The van der Waals surface area contributed by atoms with E-state index >= 15 is 0 Å². The third kappa shape index (κ3) is 5.84. The zero-order valence-corrected chi connectivity index (χ0v) is 19.4. The Hall–Kier alpha value is -2.35. The molecule has 0 radical (unpaired) electrons. The fourth-order valence-corrected chi connectivity index (χ4v) is 7.04. The molecule has 0 spiro atoms. The summed E-state index contributed by atoms with van der Waals surface area (Å²) < 4.78 is 11.4. The van der Waals surface area contributed by atoms with Crippen LogP contribution in [-0.4, -0.2) is 43.0 Å². The van der Waals surface area contributed by atoms with Gasteiger partial charge in [-0.05, 0) is 0 Å². The van der Waals surface area contributed by atoms with Crippen LogP contribution in [0.5, 0.6) is 5.75 Å². The van der Waals surface area contributed by atoms with Gasteiger partial charge < -0.3 is 0 Å². The number of fused-ring (bicyclic) bond motifs is 2. The van der Waals surface area contributed by atoms with E-state index in [4.69, 9.17) is 9.15 Å². The van der Waals surface area contributed by atoms with Gasteiger partial charge in [-0.25, -0.2) is 0 Å². The Kier molecular flexibility index (Phi) is 7.18. The molecular weight excluding hydrogens is 471 g/mol. The number of benzene rings is 2. The first kappa shape index (κ1) is 22.3. The first-order valence-electron chi connectivity index (χ1n) is 9.30. The molecule has 0 saturated carbocycles. The van der Waals surface area contributed by atoms with Crippen LogP contribution in [0.15, 0.2) is 45.6 Å². The van der Waals surface area contributed by atoms with Crippen molar-refractivity contribution in [3.05, 3.63) is 46.6 Å². The summed E-state index contributed by atoms with van der Waals surface area (Å²) in [6.07, 6.45) is 0. The topological polar surface area (TPSA) is 98.5 Å². The third-order valence-corrected chi connectivity index (χ3v) is 9.16. The summed E-state index contributed by atoms with van der Waals surface area (Å²) in [5, 5.41) is 3.46. The molecule has 7 nitrogen and oxygen atoms in total. The minimum atomic E-state index is -0.633. The zero-order valence-electron chi connectivity index (χ0n) is 16.9. The first-order chi connectivity index (χ1) is 14.2. The molecule has 0 fully saturated rings. The molecule has 1 amide bonds. The average Bonchev–Trinajstić information content (AvgIpc) is 2.68. The predicted octanol–water partition coefficient (Wildman–Crippen LogP) is 3.13. The van der Waals surface area contributed by atoms with Crippen LogP contribution in [0.3, 0.4) is 0 Å². The van der Waals surface area contributed by atoms with Gasteiger partial charge >= 0.3 is 184 Å². The van der Waals surface area contributed by atoms with E-state index in [9.17, 15) is 14.4 Å². The van der Waals surface area contributed by atoms with Gasteiger partial charge in [0.25, 0.3) is 0 Å². The average molecular weight is 493 g/mol. The summed E-state index contributed by atoms with van der Waals surface area (Å²) in [4.78, 5) is 39.5. The molecule has 0 unspecified atom stereocenters. The van der Waals surface area contributed by atoms with Gasteiger partial charge in [0, 0.05) is 0 Å². The molecule has 1 aromatic rings. The van der Waals surface area contributed by atoms with Crippen molar-refractivity contribution < 1.29 is 18.7 Å². The van der Waals surface area contributed by atoms with Crippen molar-refractivity contribution in [3.8, 4) is 17.2 Å². The van der Waals surface area contributed by atoms with Crippen molar-refractivity contribution in [3.63, 3.8) is 0 Å². The van der Waals surface area contributed by atoms with Crippen molar-refractivity contribution in [2.75, 3.05) is 12.3 Å². The van der Waals surface area contributed by atoms with Gasteiger partial charge in [-0.15, -0.1) is 0 Å². The van der Waals surface area contributed by atoms with E-state index in [1.54, 1.807) is 34.4 Å². The van der Waals surface area contributed by atoms with E-state index in [-0.39, 0.29) is 31.1 Å². The van der Waals surface area contributed by atoms with Crippen molar-refractivity contribution in [1.29, 1.82) is 0 Å². The van der Waals surface area contributed by atoms with Crippen LogP contribution < -0.4 is 15.5 Å². The fourth-order valence-electron chi connectivity index (χ4n) is 2.47. The predicted molar refractivity (Wildman–Crippen MR) is 118 cm³/mol. The molecule has 0 aromatic heterocycles. The molecular formula is C21H22N2O5SSe. The molecule has 0 bridgehead atoms. The summed E-state index contributed by atoms with van der Waals surface area (Å²) in [6, 6.07) is 9.46. The molecule has 9 heteroatoms. The Labute approximate surface area is 183 Å². The fraction of sp³-hybridized carbons (Fsp3) is 0.333. The summed E-state index contributed by atoms with van der Waals surface area (Å²) in [5.41, 5.74) is 0.847. The second-order valence-electron chi connectivity index (χ2n) is 7.31. The van der Waals surface area contributed by atoms with E-state index in [1.807, 2.05) is 13.8 Å². The number of nitrogens with one attached hydrogen (secondary N) is 1. The van der Waals surface area contributed by atoms with Crippen molar-refractivity contribution in [2.45, 2.75) is 26.1 Å². The SMILES string of the molecule is CC(=O)NCCS[Se]CC(C)(C)C(=O)Oc1ccc2nc3ccc(=O)cc-3oc2c1. The molecule has 0 atom stereocenters. The van der Waals surface area contributed by atoms with Crippen LogP contribution >= 0.6 is 10.2 Å². The van der Waals surface area contributed by atoms with Gasteiger partial charge in [-0.1, -0.05) is 0 Å². The number of nitrogens with zero attached hydrogens (tertiary/aromatic N) is 1. The van der Waals surface area contributed by atoms with Crippen LogP contribution in [0.25, 0.3) is 22.6 Å². The first-order valence-corrected chi connectivity index (χ1v) is 13.5. The molecule has 1 aliphatic heterocycles. The van der Waals surface area contributed by atoms with Crippen LogP contribution in [0.1, 0.15) is 20.8 Å². The Morgan fingerprint density at radius 2 is 2.03 bits per heavy atom. The van der Waals surface area contributed by atoms with E-state index in [0.29, 0.717) is 40.2 Å². The molecule has 1 aliphatic carbocycles. The van der Waals surface area contributed by atoms with Gasteiger partial charge in [-0.3, -0.25) is 0 Å². The second-order valence-corrected chi connectivity index (χ2v) is 11.8. The normalized spacial score (nSPS) is 11.6. The van der Waals surface area contributed by atoms with Crippen molar-refractivity contribution in [2.24, 2.45) is 5.41 Å². The summed E-state index contributed by atoms with van der Waals surface area (Å²) in [6.45, 7) is 5.85. The monoisotopic (exact) mass is 494 g/mol. The molecule has 3 rings (SSSR count). The number of aromatic nitrogens is 1. The summed E-state index contributed by atoms with van der Waals surface area (Å²) in [5.74, 6) is 1.23. The Morgan fingerprint density at radius 3 is 2.80 bits per heavy atom. The summed E-state index contributed by atoms with van der Waals surface area (Å²) in [7, 11) is 1.74. The van der Waals surface area contributed by atoms with Gasteiger partial charge in [0.15, 0.2) is 0 Å². The van der Waals surface area contributed by atoms with Crippen LogP contribution in [0.4, 0.5) is 0 Å². The Balaban J connectivity index is 1.63.